The molecule has 0 spiro atoms. The molecule has 1 fully saturated rings. The summed E-state index contributed by atoms with van der Waals surface area (Å²) in [4.78, 5) is 17.9. The van der Waals surface area contributed by atoms with Gasteiger partial charge in [-0.25, -0.2) is 4.79 Å². The molecule has 0 radical (unpaired) electrons. The molecule has 0 aliphatic carbocycles. The Kier molecular flexibility index (Phi) is 5.05. The van der Waals surface area contributed by atoms with Crippen LogP contribution in [0.25, 0.3) is 0 Å². The number of carbonyl (C=O) groups is 1. The maximum Gasteiger partial charge on any atom is 0.339 e. The number of ether oxygens (including phenoxy) is 2. The molecule has 2 unspecified atom stereocenters. The number of nitrogens with two attached hydrogens (primary N) is 1. The van der Waals surface area contributed by atoms with Crippen LogP contribution in [0.4, 0.5) is 0 Å². The van der Waals surface area contributed by atoms with Crippen LogP contribution in [-0.2, 0) is 16.0 Å². The third-order valence-corrected chi connectivity index (χ3v) is 3.40. The number of morpholine rings is 1. The Balaban J connectivity index is 1.94. The molecular formula is C14H21N3O3. The number of esters is 1. The minimum atomic E-state index is -0.368. The summed E-state index contributed by atoms with van der Waals surface area (Å²) in [6.07, 6.45) is 1.61. The van der Waals surface area contributed by atoms with Gasteiger partial charge in [0.15, 0.2) is 0 Å². The first-order chi connectivity index (χ1) is 9.60. The van der Waals surface area contributed by atoms with Gasteiger partial charge in [0.05, 0.1) is 31.1 Å². The van der Waals surface area contributed by atoms with E-state index in [0.717, 1.165) is 25.3 Å². The largest absolute Gasteiger partial charge is 0.465 e. The first kappa shape index (κ1) is 14.9. The van der Waals surface area contributed by atoms with E-state index in [2.05, 4.69) is 14.6 Å². The van der Waals surface area contributed by atoms with Crippen molar-refractivity contribution in [3.63, 3.8) is 0 Å². The Labute approximate surface area is 118 Å². The van der Waals surface area contributed by atoms with Gasteiger partial charge in [0.25, 0.3) is 0 Å². The molecule has 1 aliphatic rings. The fourth-order valence-corrected chi connectivity index (χ4v) is 2.18. The summed E-state index contributed by atoms with van der Waals surface area (Å²) in [6, 6.07) is 3.60. The quantitative estimate of drug-likeness (QED) is 0.805. The van der Waals surface area contributed by atoms with E-state index in [1.165, 1.54) is 7.11 Å². The Morgan fingerprint density at radius 2 is 2.45 bits per heavy atom. The monoisotopic (exact) mass is 279 g/mol. The number of carbonyl (C=O) groups excluding carboxylic acids is 1. The number of pyridine rings is 1. The molecule has 110 valence electrons. The molecule has 2 heterocycles. The van der Waals surface area contributed by atoms with E-state index in [1.54, 1.807) is 12.3 Å². The normalized spacial score (nSPS) is 21.4. The number of methoxy groups -OCH3 is 1. The summed E-state index contributed by atoms with van der Waals surface area (Å²) in [6.45, 7) is 5.04. The zero-order valence-electron chi connectivity index (χ0n) is 11.9. The fourth-order valence-electron chi connectivity index (χ4n) is 2.18. The van der Waals surface area contributed by atoms with Crippen LogP contribution in [0.1, 0.15) is 23.0 Å². The molecule has 0 aromatic carbocycles. The van der Waals surface area contributed by atoms with Crippen LogP contribution in [0.2, 0.25) is 0 Å². The first-order valence-corrected chi connectivity index (χ1v) is 6.73. The Morgan fingerprint density at radius 3 is 3.05 bits per heavy atom. The van der Waals surface area contributed by atoms with E-state index in [9.17, 15) is 4.79 Å². The fraction of sp³-hybridized carbons (Fsp3) is 0.571. The number of hydrogen-bond acceptors (Lipinski definition) is 6. The minimum absolute atomic E-state index is 0.0208. The lowest BCUT2D eigenvalue weighted by Gasteiger charge is -2.34. The summed E-state index contributed by atoms with van der Waals surface area (Å²) in [5, 5.41) is 0. The predicted octanol–water partition coefficient (Wildman–Crippen LogP) is 0.416. The van der Waals surface area contributed by atoms with Gasteiger partial charge < -0.3 is 15.2 Å². The van der Waals surface area contributed by atoms with Gasteiger partial charge in [-0.05, 0) is 19.1 Å². The highest BCUT2D eigenvalue weighted by atomic mass is 16.5. The van der Waals surface area contributed by atoms with E-state index in [1.807, 2.05) is 13.0 Å². The van der Waals surface area contributed by atoms with Gasteiger partial charge in [-0.15, -0.1) is 0 Å². The molecule has 1 saturated heterocycles. The lowest BCUT2D eigenvalue weighted by molar-refractivity contribution is -0.0406. The van der Waals surface area contributed by atoms with Crippen LogP contribution in [0, 0.1) is 0 Å². The number of aromatic nitrogens is 1. The van der Waals surface area contributed by atoms with Crippen LogP contribution < -0.4 is 5.73 Å². The van der Waals surface area contributed by atoms with Gasteiger partial charge in [-0.1, -0.05) is 0 Å². The van der Waals surface area contributed by atoms with Crippen molar-refractivity contribution in [1.29, 1.82) is 0 Å². The van der Waals surface area contributed by atoms with Crippen molar-refractivity contribution in [3.05, 3.63) is 29.6 Å². The van der Waals surface area contributed by atoms with Crippen molar-refractivity contribution in [3.8, 4) is 0 Å². The zero-order valence-corrected chi connectivity index (χ0v) is 11.9. The standard InChI is InChI=1S/C14H21N3O3/c1-10(15)13-9-17(5-6-20-13)8-12-4-3-11(7-16-12)14(18)19-2/h3-4,7,10,13H,5-6,8-9,15H2,1-2H3. The van der Waals surface area contributed by atoms with Crippen LogP contribution in [-0.4, -0.2) is 54.8 Å². The lowest BCUT2D eigenvalue weighted by Crippen LogP contribution is -2.49. The van der Waals surface area contributed by atoms with E-state index < -0.39 is 0 Å². The molecule has 6 heteroatoms. The average molecular weight is 279 g/mol. The van der Waals surface area contributed by atoms with Crippen molar-refractivity contribution < 1.29 is 14.3 Å². The third kappa shape index (κ3) is 3.75. The molecule has 20 heavy (non-hydrogen) atoms. The highest BCUT2D eigenvalue weighted by molar-refractivity contribution is 5.88. The zero-order chi connectivity index (χ0) is 14.5. The second kappa shape index (κ2) is 6.78. The number of nitrogens with zero attached hydrogens (tertiary/aromatic N) is 2. The molecule has 1 aromatic rings. The molecule has 2 rings (SSSR count). The van der Waals surface area contributed by atoms with Crippen molar-refractivity contribution >= 4 is 5.97 Å². The summed E-state index contributed by atoms with van der Waals surface area (Å²) < 4.78 is 10.3. The van der Waals surface area contributed by atoms with Gasteiger partial charge in [0.1, 0.15) is 0 Å². The molecule has 1 aliphatic heterocycles. The molecule has 1 aromatic heterocycles. The third-order valence-electron chi connectivity index (χ3n) is 3.40. The summed E-state index contributed by atoms with van der Waals surface area (Å²) in [5.41, 5.74) is 7.26. The van der Waals surface area contributed by atoms with Gasteiger partial charge >= 0.3 is 5.97 Å². The van der Waals surface area contributed by atoms with Gasteiger partial charge in [0, 0.05) is 31.9 Å². The summed E-state index contributed by atoms with van der Waals surface area (Å²) in [5.74, 6) is -0.368. The van der Waals surface area contributed by atoms with E-state index in [-0.39, 0.29) is 18.1 Å². The maximum atomic E-state index is 11.3. The SMILES string of the molecule is COC(=O)c1ccc(CN2CCOC(C(C)N)C2)nc1. The Hall–Kier alpha value is -1.50. The molecule has 0 bridgehead atoms. The predicted molar refractivity (Wildman–Crippen MR) is 74.2 cm³/mol. The van der Waals surface area contributed by atoms with Crippen molar-refractivity contribution in [2.45, 2.75) is 25.6 Å². The highest BCUT2D eigenvalue weighted by Gasteiger charge is 2.23. The molecule has 2 N–H and O–H groups in total. The minimum Gasteiger partial charge on any atom is -0.465 e. The topological polar surface area (TPSA) is 77.7 Å². The van der Waals surface area contributed by atoms with E-state index >= 15 is 0 Å². The molecule has 6 nitrogen and oxygen atoms in total. The molecule has 2 atom stereocenters. The smallest absolute Gasteiger partial charge is 0.339 e. The molecular weight excluding hydrogens is 258 g/mol. The molecule has 0 amide bonds. The molecule has 0 saturated carbocycles. The number of hydrogen-bond donors (Lipinski definition) is 1. The van der Waals surface area contributed by atoms with Crippen LogP contribution in [0.3, 0.4) is 0 Å². The second-order valence-corrected chi connectivity index (χ2v) is 5.03. The second-order valence-electron chi connectivity index (χ2n) is 5.03. The van der Waals surface area contributed by atoms with Crippen molar-refractivity contribution in [1.82, 2.24) is 9.88 Å². The maximum absolute atomic E-state index is 11.3. The van der Waals surface area contributed by atoms with Crippen molar-refractivity contribution in [2.24, 2.45) is 5.73 Å². The van der Waals surface area contributed by atoms with E-state index in [0.29, 0.717) is 12.2 Å². The highest BCUT2D eigenvalue weighted by Crippen LogP contribution is 2.11. The Morgan fingerprint density at radius 1 is 1.65 bits per heavy atom. The lowest BCUT2D eigenvalue weighted by atomic mass is 10.1. The van der Waals surface area contributed by atoms with Crippen LogP contribution in [0.5, 0.6) is 0 Å². The van der Waals surface area contributed by atoms with Crippen LogP contribution in [0.15, 0.2) is 18.3 Å². The van der Waals surface area contributed by atoms with E-state index in [4.69, 9.17) is 10.5 Å². The summed E-state index contributed by atoms with van der Waals surface area (Å²) >= 11 is 0. The van der Waals surface area contributed by atoms with Crippen LogP contribution >= 0.6 is 0 Å². The summed E-state index contributed by atoms with van der Waals surface area (Å²) in [7, 11) is 1.36. The Bertz CT molecular complexity index is 447. The van der Waals surface area contributed by atoms with Gasteiger partial charge in [-0.3, -0.25) is 9.88 Å². The van der Waals surface area contributed by atoms with Crippen molar-refractivity contribution in [2.75, 3.05) is 26.8 Å². The average Bonchev–Trinajstić information content (AvgIpc) is 2.47. The first-order valence-electron chi connectivity index (χ1n) is 6.73. The number of rotatable bonds is 4. The van der Waals surface area contributed by atoms with Gasteiger partial charge in [-0.2, -0.15) is 0 Å². The van der Waals surface area contributed by atoms with Gasteiger partial charge in [0.2, 0.25) is 0 Å².